The number of nitrogens with zero attached hydrogens (tertiary/aromatic N) is 2. The number of carbonyl (C=O) groups is 2. The quantitative estimate of drug-likeness (QED) is 0.923. The first-order valence-electron chi connectivity index (χ1n) is 7.56. The normalized spacial score (nSPS) is 15.6. The molecule has 1 aliphatic heterocycles. The van der Waals surface area contributed by atoms with Crippen LogP contribution in [0.3, 0.4) is 0 Å². The molecule has 6 nitrogen and oxygen atoms in total. The van der Waals surface area contributed by atoms with E-state index in [1.165, 1.54) is 12.5 Å². The van der Waals surface area contributed by atoms with Gasteiger partial charge in [0.25, 0.3) is 5.91 Å². The average Bonchev–Trinajstić information content (AvgIpc) is 3.10. The van der Waals surface area contributed by atoms with Crippen LogP contribution in [0, 0.1) is 0 Å². The topological polar surface area (TPSA) is 79.8 Å². The maximum Gasteiger partial charge on any atom is 0.257 e. The summed E-state index contributed by atoms with van der Waals surface area (Å²) in [6.45, 7) is 3.84. The van der Waals surface area contributed by atoms with E-state index in [0.29, 0.717) is 24.2 Å². The molecule has 3 rings (SSSR count). The molecule has 6 heteroatoms. The fourth-order valence-corrected chi connectivity index (χ4v) is 2.71. The van der Waals surface area contributed by atoms with Crippen LogP contribution in [-0.2, 0) is 6.54 Å². The molecule has 0 radical (unpaired) electrons. The Morgan fingerprint density at radius 2 is 1.70 bits per heavy atom. The molecule has 0 atom stereocenters. The molecule has 0 saturated carbocycles. The van der Waals surface area contributed by atoms with Gasteiger partial charge in [-0.25, -0.2) is 0 Å². The van der Waals surface area contributed by atoms with Gasteiger partial charge in [0.15, 0.2) is 0 Å². The smallest absolute Gasteiger partial charge is 0.257 e. The largest absolute Gasteiger partial charge is 0.472 e. The van der Waals surface area contributed by atoms with E-state index in [4.69, 9.17) is 10.2 Å². The van der Waals surface area contributed by atoms with Gasteiger partial charge in [-0.2, -0.15) is 0 Å². The molecule has 0 bridgehead atoms. The summed E-state index contributed by atoms with van der Waals surface area (Å²) in [6.07, 6.45) is 2.99. The minimum absolute atomic E-state index is 0.0178. The molecule has 1 aliphatic rings. The van der Waals surface area contributed by atoms with Crippen LogP contribution in [0.5, 0.6) is 0 Å². The number of amides is 2. The van der Waals surface area contributed by atoms with E-state index in [1.807, 2.05) is 17.0 Å². The summed E-state index contributed by atoms with van der Waals surface area (Å²) in [5.41, 5.74) is 7.48. The molecular weight excluding hydrogens is 294 g/mol. The molecule has 1 aromatic heterocycles. The Morgan fingerprint density at radius 1 is 1.00 bits per heavy atom. The van der Waals surface area contributed by atoms with Gasteiger partial charge < -0.3 is 15.1 Å². The van der Waals surface area contributed by atoms with E-state index in [1.54, 1.807) is 18.2 Å². The summed E-state index contributed by atoms with van der Waals surface area (Å²) in [5.74, 6) is -0.396. The van der Waals surface area contributed by atoms with Crippen molar-refractivity contribution in [1.82, 2.24) is 9.80 Å². The number of hydrogen-bond donors (Lipinski definition) is 1. The summed E-state index contributed by atoms with van der Waals surface area (Å²) in [7, 11) is 0. The van der Waals surface area contributed by atoms with Gasteiger partial charge in [-0.1, -0.05) is 12.1 Å². The molecule has 1 fully saturated rings. The van der Waals surface area contributed by atoms with Crippen molar-refractivity contribution in [2.24, 2.45) is 5.73 Å². The highest BCUT2D eigenvalue weighted by Gasteiger charge is 2.22. The summed E-state index contributed by atoms with van der Waals surface area (Å²) >= 11 is 0. The molecule has 1 aromatic carbocycles. The molecule has 2 aromatic rings. The van der Waals surface area contributed by atoms with Crippen molar-refractivity contribution >= 4 is 11.8 Å². The number of furan rings is 1. The van der Waals surface area contributed by atoms with Gasteiger partial charge in [0.2, 0.25) is 5.91 Å². The number of benzene rings is 1. The molecule has 2 amide bonds. The van der Waals surface area contributed by atoms with Crippen molar-refractivity contribution in [3.63, 3.8) is 0 Å². The van der Waals surface area contributed by atoms with E-state index in [0.717, 1.165) is 25.2 Å². The van der Waals surface area contributed by atoms with Crippen molar-refractivity contribution in [2.45, 2.75) is 6.54 Å². The van der Waals surface area contributed by atoms with Crippen LogP contribution in [0.1, 0.15) is 26.3 Å². The second-order valence-electron chi connectivity index (χ2n) is 5.64. The third-order valence-corrected chi connectivity index (χ3v) is 4.07. The average molecular weight is 313 g/mol. The van der Waals surface area contributed by atoms with Gasteiger partial charge in [0, 0.05) is 38.3 Å². The molecule has 2 heterocycles. The summed E-state index contributed by atoms with van der Waals surface area (Å²) in [6, 6.07) is 9.02. The van der Waals surface area contributed by atoms with Gasteiger partial charge in [-0.3, -0.25) is 14.5 Å². The highest BCUT2D eigenvalue weighted by atomic mass is 16.3. The summed E-state index contributed by atoms with van der Waals surface area (Å²) in [4.78, 5) is 27.4. The van der Waals surface area contributed by atoms with E-state index in [9.17, 15) is 9.59 Å². The van der Waals surface area contributed by atoms with Gasteiger partial charge in [-0.05, 0) is 23.8 Å². The van der Waals surface area contributed by atoms with Crippen LogP contribution >= 0.6 is 0 Å². The van der Waals surface area contributed by atoms with Crippen LogP contribution in [0.25, 0.3) is 0 Å². The highest BCUT2D eigenvalue weighted by molar-refractivity contribution is 5.94. The van der Waals surface area contributed by atoms with Crippen molar-refractivity contribution in [3.05, 3.63) is 59.5 Å². The van der Waals surface area contributed by atoms with Crippen molar-refractivity contribution in [3.8, 4) is 0 Å². The SMILES string of the molecule is NC(=O)c1ccc(CN2CCN(C(=O)c3ccoc3)CC2)cc1. The molecular formula is C17H19N3O3. The lowest BCUT2D eigenvalue weighted by atomic mass is 10.1. The van der Waals surface area contributed by atoms with Gasteiger partial charge >= 0.3 is 0 Å². The predicted octanol–water partition coefficient (Wildman–Crippen LogP) is 1.34. The lowest BCUT2D eigenvalue weighted by Crippen LogP contribution is -2.48. The number of piperazine rings is 1. The van der Waals surface area contributed by atoms with E-state index in [2.05, 4.69) is 4.90 Å². The van der Waals surface area contributed by atoms with Crippen LogP contribution in [0.2, 0.25) is 0 Å². The maximum absolute atomic E-state index is 12.2. The number of nitrogens with two attached hydrogens (primary N) is 1. The Labute approximate surface area is 134 Å². The number of hydrogen-bond acceptors (Lipinski definition) is 4. The zero-order valence-corrected chi connectivity index (χ0v) is 12.8. The lowest BCUT2D eigenvalue weighted by molar-refractivity contribution is 0.0627. The number of primary amides is 1. The fraction of sp³-hybridized carbons (Fsp3) is 0.294. The standard InChI is InChI=1S/C17H19N3O3/c18-16(21)14-3-1-13(2-4-14)11-19-6-8-20(9-7-19)17(22)15-5-10-23-12-15/h1-5,10,12H,6-9,11H2,(H2,18,21). The minimum atomic E-state index is -0.414. The lowest BCUT2D eigenvalue weighted by Gasteiger charge is -2.34. The molecule has 0 spiro atoms. The second kappa shape index (κ2) is 6.66. The molecule has 2 N–H and O–H groups in total. The molecule has 120 valence electrons. The Balaban J connectivity index is 1.53. The number of rotatable bonds is 4. The van der Waals surface area contributed by atoms with Crippen molar-refractivity contribution in [1.29, 1.82) is 0 Å². The van der Waals surface area contributed by atoms with Crippen LogP contribution in [0.15, 0.2) is 47.3 Å². The van der Waals surface area contributed by atoms with Gasteiger partial charge in [-0.15, -0.1) is 0 Å². The predicted molar refractivity (Wildman–Crippen MR) is 84.8 cm³/mol. The Hall–Kier alpha value is -2.60. The minimum Gasteiger partial charge on any atom is -0.472 e. The van der Waals surface area contributed by atoms with E-state index >= 15 is 0 Å². The third kappa shape index (κ3) is 3.60. The van der Waals surface area contributed by atoms with Crippen LogP contribution in [-0.4, -0.2) is 47.8 Å². The number of carbonyl (C=O) groups excluding carboxylic acids is 2. The van der Waals surface area contributed by atoms with Gasteiger partial charge in [0.1, 0.15) is 6.26 Å². The Morgan fingerprint density at radius 3 is 2.26 bits per heavy atom. The van der Waals surface area contributed by atoms with E-state index < -0.39 is 5.91 Å². The van der Waals surface area contributed by atoms with Crippen LogP contribution in [0.4, 0.5) is 0 Å². The van der Waals surface area contributed by atoms with Crippen LogP contribution < -0.4 is 5.73 Å². The summed E-state index contributed by atoms with van der Waals surface area (Å²) < 4.78 is 4.96. The fourth-order valence-electron chi connectivity index (χ4n) is 2.71. The van der Waals surface area contributed by atoms with Crippen molar-refractivity contribution in [2.75, 3.05) is 26.2 Å². The first kappa shape index (κ1) is 15.3. The second-order valence-corrected chi connectivity index (χ2v) is 5.64. The zero-order chi connectivity index (χ0) is 16.2. The summed E-state index contributed by atoms with van der Waals surface area (Å²) in [5, 5.41) is 0. The van der Waals surface area contributed by atoms with E-state index in [-0.39, 0.29) is 5.91 Å². The first-order chi connectivity index (χ1) is 11.1. The zero-order valence-electron chi connectivity index (χ0n) is 12.8. The molecule has 23 heavy (non-hydrogen) atoms. The molecule has 0 aliphatic carbocycles. The highest BCUT2D eigenvalue weighted by Crippen LogP contribution is 2.12. The maximum atomic E-state index is 12.2. The third-order valence-electron chi connectivity index (χ3n) is 4.07. The Bertz CT molecular complexity index is 672. The molecule has 0 unspecified atom stereocenters. The molecule has 1 saturated heterocycles. The van der Waals surface area contributed by atoms with Gasteiger partial charge in [0.05, 0.1) is 11.8 Å². The Kier molecular flexibility index (Phi) is 4.43. The first-order valence-corrected chi connectivity index (χ1v) is 7.56. The monoisotopic (exact) mass is 313 g/mol. The van der Waals surface area contributed by atoms with Crippen molar-refractivity contribution < 1.29 is 14.0 Å².